The highest BCUT2D eigenvalue weighted by atomic mass is 19.4. The Balaban J connectivity index is 1.70. The van der Waals surface area contributed by atoms with E-state index in [4.69, 9.17) is 10.5 Å². The molecule has 2 aliphatic rings. The fourth-order valence-corrected chi connectivity index (χ4v) is 4.49. The molecule has 0 unspecified atom stereocenters. The first-order valence-corrected chi connectivity index (χ1v) is 11.6. The highest BCUT2D eigenvalue weighted by Gasteiger charge is 2.44. The average molecular weight is 478 g/mol. The molecule has 1 fully saturated rings. The van der Waals surface area contributed by atoms with Crippen LogP contribution in [0.4, 0.5) is 30.4 Å². The topological polar surface area (TPSA) is 83.7 Å². The lowest BCUT2D eigenvalue weighted by molar-refractivity contribution is -0.139. The molecule has 184 valence electrons. The second-order valence-electron chi connectivity index (χ2n) is 8.81. The normalized spacial score (nSPS) is 16.5. The third kappa shape index (κ3) is 5.38. The van der Waals surface area contributed by atoms with Crippen LogP contribution in [-0.4, -0.2) is 42.0 Å². The van der Waals surface area contributed by atoms with Gasteiger partial charge in [-0.05, 0) is 43.5 Å². The first kappa shape index (κ1) is 24.1. The van der Waals surface area contributed by atoms with Crippen LogP contribution >= 0.6 is 0 Å². The summed E-state index contributed by atoms with van der Waals surface area (Å²) in [6.45, 7) is 4.79. The molecule has 0 radical (unpaired) electrons. The summed E-state index contributed by atoms with van der Waals surface area (Å²) in [5.41, 5.74) is 6.56. The van der Waals surface area contributed by atoms with E-state index >= 15 is 0 Å². The van der Waals surface area contributed by atoms with Crippen LogP contribution in [0, 0.1) is 0 Å². The maximum atomic E-state index is 14.3. The number of anilines is 3. The second kappa shape index (κ2) is 10.1. The lowest BCUT2D eigenvalue weighted by Crippen LogP contribution is -2.40. The Labute approximate surface area is 197 Å². The lowest BCUT2D eigenvalue weighted by atomic mass is 10.1. The maximum Gasteiger partial charge on any atom is 0.423 e. The van der Waals surface area contributed by atoms with Crippen molar-refractivity contribution in [2.75, 3.05) is 42.2 Å². The fraction of sp³-hybridized carbons (Fsp3) is 0.500. The van der Waals surface area contributed by atoms with Crippen molar-refractivity contribution in [3.8, 4) is 5.88 Å². The molecule has 3 N–H and O–H groups in total. The quantitative estimate of drug-likeness (QED) is 0.548. The zero-order valence-electron chi connectivity index (χ0n) is 19.2. The molecule has 1 amide bonds. The van der Waals surface area contributed by atoms with Gasteiger partial charge in [0.1, 0.15) is 11.3 Å². The molecule has 1 aromatic heterocycles. The molecule has 2 aliphatic heterocycles. The molecule has 1 saturated heterocycles. The van der Waals surface area contributed by atoms with E-state index in [0.717, 1.165) is 37.2 Å². The van der Waals surface area contributed by atoms with Crippen molar-refractivity contribution in [2.45, 2.75) is 51.9 Å². The van der Waals surface area contributed by atoms with Gasteiger partial charge in [-0.3, -0.25) is 9.69 Å². The van der Waals surface area contributed by atoms with Gasteiger partial charge < -0.3 is 20.7 Å². The predicted octanol–water partition coefficient (Wildman–Crippen LogP) is 4.42. The molecule has 4 rings (SSSR count). The number of nitrogens with zero attached hydrogens (tertiary/aromatic N) is 3. The van der Waals surface area contributed by atoms with E-state index in [-0.39, 0.29) is 36.9 Å². The van der Waals surface area contributed by atoms with Gasteiger partial charge in [-0.1, -0.05) is 37.6 Å². The number of hydrogen-bond donors (Lipinski definition) is 2. The Morgan fingerprint density at radius 2 is 1.88 bits per heavy atom. The number of aromatic nitrogens is 1. The summed E-state index contributed by atoms with van der Waals surface area (Å²) in [4.78, 5) is 20.0. The number of likely N-dealkylation sites (tertiary alicyclic amines) is 1. The Kier molecular flexibility index (Phi) is 7.16. The van der Waals surface area contributed by atoms with Gasteiger partial charge in [0.05, 0.1) is 18.8 Å². The Morgan fingerprint density at radius 3 is 2.56 bits per heavy atom. The fourth-order valence-electron chi connectivity index (χ4n) is 4.49. The summed E-state index contributed by atoms with van der Waals surface area (Å²) in [7, 11) is 0. The first-order chi connectivity index (χ1) is 16.3. The number of pyridine rings is 1. The van der Waals surface area contributed by atoms with Crippen molar-refractivity contribution in [1.29, 1.82) is 0 Å². The van der Waals surface area contributed by atoms with Crippen LogP contribution < -0.4 is 20.7 Å². The minimum atomic E-state index is -4.75. The zero-order valence-corrected chi connectivity index (χ0v) is 19.2. The number of nitrogens with one attached hydrogen (secondary N) is 1. The molecule has 0 aliphatic carbocycles. The molecular formula is C24H30F3N5O2. The van der Waals surface area contributed by atoms with Gasteiger partial charge in [0.15, 0.2) is 5.82 Å². The lowest BCUT2D eigenvalue weighted by Gasteiger charge is -2.34. The number of amides is 1. The van der Waals surface area contributed by atoms with E-state index in [1.807, 2.05) is 31.2 Å². The first-order valence-electron chi connectivity index (χ1n) is 11.6. The highest BCUT2D eigenvalue weighted by Crippen LogP contribution is 2.49. The number of alkyl halides is 3. The highest BCUT2D eigenvalue weighted by molar-refractivity contribution is 6.05. The second-order valence-corrected chi connectivity index (χ2v) is 8.81. The van der Waals surface area contributed by atoms with Crippen molar-refractivity contribution in [1.82, 2.24) is 9.88 Å². The van der Waals surface area contributed by atoms with Crippen molar-refractivity contribution < 1.29 is 22.7 Å². The maximum absolute atomic E-state index is 14.3. The van der Waals surface area contributed by atoms with Crippen LogP contribution in [0.3, 0.4) is 0 Å². The number of benzene rings is 1. The van der Waals surface area contributed by atoms with Crippen molar-refractivity contribution in [3.05, 3.63) is 41.0 Å². The number of rotatable bonds is 8. The molecule has 0 spiro atoms. The van der Waals surface area contributed by atoms with Gasteiger partial charge in [-0.2, -0.15) is 18.2 Å². The van der Waals surface area contributed by atoms with Crippen LogP contribution in [-0.2, 0) is 24.1 Å². The van der Waals surface area contributed by atoms with E-state index in [1.165, 1.54) is 17.7 Å². The minimum absolute atomic E-state index is 0.0930. The molecule has 0 atom stereocenters. The van der Waals surface area contributed by atoms with Gasteiger partial charge in [-0.25, -0.2) is 0 Å². The van der Waals surface area contributed by atoms with Crippen molar-refractivity contribution in [2.24, 2.45) is 0 Å². The SMILES string of the molecule is CCCCOc1nc(N)c2c(c1C(F)(F)F)N(Cc1cccc(CN3CCCC3)c1)CC(=O)N2. The predicted molar refractivity (Wildman–Crippen MR) is 125 cm³/mol. The summed E-state index contributed by atoms with van der Waals surface area (Å²) in [6.07, 6.45) is -1.04. The summed E-state index contributed by atoms with van der Waals surface area (Å²) in [5.74, 6) is -1.20. The van der Waals surface area contributed by atoms with Gasteiger partial charge in [-0.15, -0.1) is 0 Å². The molecule has 0 saturated carbocycles. The van der Waals surface area contributed by atoms with E-state index in [9.17, 15) is 18.0 Å². The van der Waals surface area contributed by atoms with E-state index in [2.05, 4.69) is 15.2 Å². The monoisotopic (exact) mass is 477 g/mol. The molecule has 0 bridgehead atoms. The minimum Gasteiger partial charge on any atom is -0.477 e. The summed E-state index contributed by atoms with van der Waals surface area (Å²) in [6, 6.07) is 7.76. The standard InChI is InChI=1S/C24H30F3N5O2/c1-2-3-11-34-23-19(24(25,26)27)21-20(22(28)30-23)29-18(33)15-32(21)14-17-8-6-7-16(12-17)13-31-9-4-5-10-31/h6-8,12H,2-5,9-11,13-15H2,1H3,(H2,28,30)(H,29,33). The number of hydrogen-bond acceptors (Lipinski definition) is 6. The number of carbonyl (C=O) groups excluding carboxylic acids is 1. The van der Waals surface area contributed by atoms with Crippen LogP contribution in [0.5, 0.6) is 5.88 Å². The van der Waals surface area contributed by atoms with Gasteiger partial charge in [0, 0.05) is 13.1 Å². The number of ether oxygens (including phenoxy) is 1. The van der Waals surface area contributed by atoms with Crippen molar-refractivity contribution >= 4 is 23.1 Å². The number of unbranched alkanes of at least 4 members (excludes halogenated alkanes) is 1. The number of nitrogen functional groups attached to an aromatic ring is 1. The summed E-state index contributed by atoms with van der Waals surface area (Å²) >= 11 is 0. The van der Waals surface area contributed by atoms with Crippen LogP contribution in [0.25, 0.3) is 0 Å². The van der Waals surface area contributed by atoms with Crippen LogP contribution in [0.2, 0.25) is 0 Å². The van der Waals surface area contributed by atoms with Crippen LogP contribution in [0.15, 0.2) is 24.3 Å². The zero-order chi connectivity index (χ0) is 24.3. The van der Waals surface area contributed by atoms with Crippen molar-refractivity contribution in [3.63, 3.8) is 0 Å². The number of nitrogens with two attached hydrogens (primary N) is 1. The molecule has 10 heteroatoms. The van der Waals surface area contributed by atoms with E-state index in [1.54, 1.807) is 0 Å². The molecule has 3 heterocycles. The Morgan fingerprint density at radius 1 is 1.18 bits per heavy atom. The Hall–Kier alpha value is -3.01. The summed E-state index contributed by atoms with van der Waals surface area (Å²) in [5, 5.41) is 2.48. The molecular weight excluding hydrogens is 447 g/mol. The largest absolute Gasteiger partial charge is 0.477 e. The van der Waals surface area contributed by atoms with Gasteiger partial charge in [0.25, 0.3) is 0 Å². The number of fused-ring (bicyclic) bond motifs is 1. The smallest absolute Gasteiger partial charge is 0.423 e. The number of halogens is 3. The third-order valence-corrected chi connectivity index (χ3v) is 6.07. The molecule has 34 heavy (non-hydrogen) atoms. The van der Waals surface area contributed by atoms with E-state index < -0.39 is 23.5 Å². The molecule has 1 aromatic carbocycles. The number of carbonyl (C=O) groups is 1. The van der Waals surface area contributed by atoms with Crippen LogP contribution in [0.1, 0.15) is 49.3 Å². The van der Waals surface area contributed by atoms with E-state index in [0.29, 0.717) is 6.42 Å². The van der Waals surface area contributed by atoms with Gasteiger partial charge >= 0.3 is 6.18 Å². The third-order valence-electron chi connectivity index (χ3n) is 6.07. The summed E-state index contributed by atoms with van der Waals surface area (Å²) < 4.78 is 48.2. The van der Waals surface area contributed by atoms with Gasteiger partial charge in [0.2, 0.25) is 11.8 Å². The average Bonchev–Trinajstić information content (AvgIpc) is 3.27. The molecule has 2 aromatic rings. The molecule has 7 nitrogen and oxygen atoms in total. The Bertz CT molecular complexity index is 1040.